The Morgan fingerprint density at radius 3 is 2.50 bits per heavy atom. The largest absolute Gasteiger partial charge is 0.497 e. The van der Waals surface area contributed by atoms with Gasteiger partial charge in [0.05, 0.1) is 19.4 Å². The number of unbranched alkanes of at least 4 members (excludes halogenated alkanes) is 5. The average molecular weight is 510 g/mol. The summed E-state index contributed by atoms with van der Waals surface area (Å²) in [4.78, 5) is 20.0. The van der Waals surface area contributed by atoms with E-state index >= 15 is 0 Å². The van der Waals surface area contributed by atoms with Crippen molar-refractivity contribution in [3.8, 4) is 11.5 Å². The van der Waals surface area contributed by atoms with E-state index in [0.717, 1.165) is 41.9 Å². The molecule has 0 saturated heterocycles. The zero-order valence-electron chi connectivity index (χ0n) is 21.1. The first-order chi connectivity index (χ1) is 17.5. The molecule has 8 heteroatoms. The number of aryl methyl sites for hydroxylation is 2. The van der Waals surface area contributed by atoms with Crippen LogP contribution >= 0.6 is 11.8 Å². The van der Waals surface area contributed by atoms with E-state index in [1.54, 1.807) is 25.1 Å². The third kappa shape index (κ3) is 9.41. The van der Waals surface area contributed by atoms with E-state index in [2.05, 4.69) is 22.1 Å². The molecule has 0 radical (unpaired) electrons. The van der Waals surface area contributed by atoms with Gasteiger partial charge in [0.1, 0.15) is 17.2 Å². The molecule has 36 heavy (non-hydrogen) atoms. The maximum absolute atomic E-state index is 11.0. The average Bonchev–Trinajstić information content (AvgIpc) is 3.30. The van der Waals surface area contributed by atoms with Crippen LogP contribution in [0.3, 0.4) is 0 Å². The molecule has 2 aromatic heterocycles. The fourth-order valence-corrected chi connectivity index (χ4v) is 4.56. The number of methoxy groups -OCH3 is 1. The molecule has 0 aliphatic rings. The molecular weight excluding hydrogens is 474 g/mol. The van der Waals surface area contributed by atoms with E-state index < -0.39 is 5.97 Å². The molecule has 0 unspecified atom stereocenters. The number of rotatable bonds is 16. The van der Waals surface area contributed by atoms with Crippen LogP contribution in [0.15, 0.2) is 60.0 Å². The Morgan fingerprint density at radius 2 is 1.81 bits per heavy atom. The lowest BCUT2D eigenvalue weighted by Crippen LogP contribution is -2.02. The molecule has 0 fully saturated rings. The molecule has 0 amide bonds. The van der Waals surface area contributed by atoms with E-state index in [9.17, 15) is 4.79 Å². The molecule has 3 aromatic rings. The van der Waals surface area contributed by atoms with Crippen LogP contribution in [0.1, 0.15) is 55.5 Å². The first kappa shape index (κ1) is 27.3. The number of benzene rings is 1. The Kier molecular flexibility index (Phi) is 11.4. The summed E-state index contributed by atoms with van der Waals surface area (Å²) in [6.45, 7) is 0.586. The Labute approximate surface area is 217 Å². The van der Waals surface area contributed by atoms with Crippen molar-refractivity contribution < 1.29 is 19.4 Å². The summed E-state index contributed by atoms with van der Waals surface area (Å²) < 4.78 is 13.1. The minimum absolute atomic E-state index is 0.536. The number of ether oxygens (including phenoxy) is 2. The van der Waals surface area contributed by atoms with E-state index in [-0.39, 0.29) is 0 Å². The summed E-state index contributed by atoms with van der Waals surface area (Å²) in [5, 5.41) is 9.94. The smallest absolute Gasteiger partial charge is 0.328 e. The monoisotopic (exact) mass is 509 g/mol. The molecule has 0 aliphatic carbocycles. The number of thioether (sulfide) groups is 1. The normalized spacial score (nSPS) is 11.2. The Hall–Kier alpha value is -3.26. The van der Waals surface area contributed by atoms with E-state index in [1.165, 1.54) is 37.3 Å². The topological polar surface area (TPSA) is 86.5 Å². The lowest BCUT2D eigenvalue weighted by atomic mass is 10.0. The molecule has 1 aromatic carbocycles. The number of carboxylic acid groups (broad SMARTS) is 1. The number of nitrogens with zero attached hydrogens (tertiary/aromatic N) is 3. The Morgan fingerprint density at radius 1 is 1.06 bits per heavy atom. The quantitative estimate of drug-likeness (QED) is 0.140. The van der Waals surface area contributed by atoms with Crippen molar-refractivity contribution in [3.05, 3.63) is 71.8 Å². The lowest BCUT2D eigenvalue weighted by Gasteiger charge is -2.10. The van der Waals surface area contributed by atoms with Gasteiger partial charge >= 0.3 is 5.97 Å². The zero-order valence-corrected chi connectivity index (χ0v) is 21.9. The summed E-state index contributed by atoms with van der Waals surface area (Å²) in [6.07, 6.45) is 14.2. The number of carboxylic acids is 1. The first-order valence-electron chi connectivity index (χ1n) is 12.3. The number of imidazole rings is 1. The summed E-state index contributed by atoms with van der Waals surface area (Å²) in [6, 6.07) is 12.1. The van der Waals surface area contributed by atoms with Crippen LogP contribution in [-0.4, -0.2) is 39.3 Å². The molecule has 192 valence electrons. The van der Waals surface area contributed by atoms with Gasteiger partial charge in [-0.3, -0.25) is 0 Å². The van der Waals surface area contributed by atoms with E-state index in [4.69, 9.17) is 14.6 Å². The highest BCUT2D eigenvalue weighted by Crippen LogP contribution is 2.24. The third-order valence-corrected chi connectivity index (χ3v) is 6.82. The van der Waals surface area contributed by atoms with Crippen molar-refractivity contribution in [2.45, 2.75) is 55.9 Å². The second-order valence-corrected chi connectivity index (χ2v) is 9.48. The minimum atomic E-state index is -1.01. The molecule has 0 atom stereocenters. The predicted molar refractivity (Wildman–Crippen MR) is 144 cm³/mol. The van der Waals surface area contributed by atoms with Gasteiger partial charge in [0.15, 0.2) is 5.16 Å². The van der Waals surface area contributed by atoms with Gasteiger partial charge in [0.25, 0.3) is 0 Å². The molecule has 1 N–H and O–H groups in total. The number of carbonyl (C=O) groups is 1. The van der Waals surface area contributed by atoms with Crippen molar-refractivity contribution in [2.75, 3.05) is 13.7 Å². The summed E-state index contributed by atoms with van der Waals surface area (Å²) in [7, 11) is 3.64. The van der Waals surface area contributed by atoms with E-state index in [1.807, 2.05) is 42.1 Å². The number of hydrogen-bond acceptors (Lipinski definition) is 6. The Bertz CT molecular complexity index is 1110. The Balaban J connectivity index is 1.37. The van der Waals surface area contributed by atoms with Crippen LogP contribution in [0.25, 0.3) is 6.08 Å². The van der Waals surface area contributed by atoms with Gasteiger partial charge in [-0.1, -0.05) is 49.6 Å². The van der Waals surface area contributed by atoms with Gasteiger partial charge in [-0.15, -0.1) is 0 Å². The van der Waals surface area contributed by atoms with Gasteiger partial charge in [-0.2, -0.15) is 0 Å². The molecule has 0 aliphatic heterocycles. The van der Waals surface area contributed by atoms with Crippen LogP contribution < -0.4 is 9.47 Å². The number of aromatic nitrogens is 3. The SMILES string of the molecule is COc1ccc(CCCCCCCCOc2ccc(CSc3nccn3C)nc2/C=C/C(=O)O)cc1. The molecular formula is C28H35N3O4S. The van der Waals surface area contributed by atoms with Crippen LogP contribution in [0, 0.1) is 0 Å². The number of hydrogen-bond donors (Lipinski definition) is 1. The molecule has 2 heterocycles. The fraction of sp³-hybridized carbons (Fsp3) is 0.393. The van der Waals surface area contributed by atoms with Gasteiger partial charge in [0, 0.05) is 31.3 Å². The maximum Gasteiger partial charge on any atom is 0.328 e. The molecule has 3 rings (SSSR count). The number of pyridine rings is 1. The number of aliphatic carboxylic acids is 1. The highest BCUT2D eigenvalue weighted by atomic mass is 32.2. The van der Waals surface area contributed by atoms with Crippen molar-refractivity contribution in [3.63, 3.8) is 0 Å². The highest BCUT2D eigenvalue weighted by molar-refractivity contribution is 7.98. The van der Waals surface area contributed by atoms with Gasteiger partial charge in [0.2, 0.25) is 0 Å². The van der Waals surface area contributed by atoms with Gasteiger partial charge in [-0.05, 0) is 55.2 Å². The summed E-state index contributed by atoms with van der Waals surface area (Å²) in [5.41, 5.74) is 2.73. The fourth-order valence-electron chi connectivity index (χ4n) is 3.72. The standard InChI is InChI=1S/C28H35N3O4S/c1-31-19-18-29-28(31)36-21-23-12-16-26(25(30-23)15-17-27(32)33)35-20-8-6-4-3-5-7-9-22-10-13-24(34-2)14-11-22/h10-19H,3-9,20-21H2,1-2H3,(H,32,33)/b17-15+. The molecule has 7 nitrogen and oxygen atoms in total. The van der Waals surface area contributed by atoms with Crippen LogP contribution in [0.2, 0.25) is 0 Å². The first-order valence-corrected chi connectivity index (χ1v) is 13.3. The summed E-state index contributed by atoms with van der Waals surface area (Å²) >= 11 is 1.58. The van der Waals surface area contributed by atoms with Crippen molar-refractivity contribution in [1.29, 1.82) is 0 Å². The molecule has 0 bridgehead atoms. The zero-order chi connectivity index (χ0) is 25.6. The van der Waals surface area contributed by atoms with Crippen LogP contribution in [0.4, 0.5) is 0 Å². The third-order valence-electron chi connectivity index (χ3n) is 5.73. The van der Waals surface area contributed by atoms with Gasteiger partial charge in [-0.25, -0.2) is 14.8 Å². The maximum atomic E-state index is 11.0. The van der Waals surface area contributed by atoms with Gasteiger partial charge < -0.3 is 19.1 Å². The van der Waals surface area contributed by atoms with Crippen LogP contribution in [-0.2, 0) is 24.0 Å². The second-order valence-electron chi connectivity index (χ2n) is 8.53. The predicted octanol–water partition coefficient (Wildman–Crippen LogP) is 6.18. The van der Waals surface area contributed by atoms with Crippen molar-refractivity contribution in [2.24, 2.45) is 7.05 Å². The second kappa shape index (κ2) is 15.0. The molecule has 0 spiro atoms. The lowest BCUT2D eigenvalue weighted by molar-refractivity contribution is -0.131. The van der Waals surface area contributed by atoms with Crippen molar-refractivity contribution >= 4 is 23.8 Å². The van der Waals surface area contributed by atoms with Crippen molar-refractivity contribution in [1.82, 2.24) is 14.5 Å². The minimum Gasteiger partial charge on any atom is -0.497 e. The molecule has 0 saturated carbocycles. The highest BCUT2D eigenvalue weighted by Gasteiger charge is 2.08. The summed E-state index contributed by atoms with van der Waals surface area (Å²) in [5.74, 6) is 1.13. The van der Waals surface area contributed by atoms with E-state index in [0.29, 0.717) is 23.8 Å². The van der Waals surface area contributed by atoms with Crippen LogP contribution in [0.5, 0.6) is 11.5 Å².